The lowest BCUT2D eigenvalue weighted by Gasteiger charge is -2.26. The first-order chi connectivity index (χ1) is 14.3. The fraction of sp³-hybridized carbons (Fsp3) is 0.250. The number of rotatable bonds is 4. The minimum Gasteiger partial charge on any atom is -0.465 e. The van der Waals surface area contributed by atoms with E-state index in [1.54, 1.807) is 12.1 Å². The first-order valence-electron chi connectivity index (χ1n) is 9.25. The van der Waals surface area contributed by atoms with Crippen LogP contribution in [0.2, 0.25) is 10.0 Å². The summed E-state index contributed by atoms with van der Waals surface area (Å²) in [4.78, 5) is 30.2. The summed E-state index contributed by atoms with van der Waals surface area (Å²) in [5, 5.41) is 14.4. The molecule has 0 aliphatic carbocycles. The molecule has 3 rings (SSSR count). The van der Waals surface area contributed by atoms with Gasteiger partial charge in [-0.25, -0.2) is 9.79 Å². The summed E-state index contributed by atoms with van der Waals surface area (Å²) in [7, 11) is 0. The number of hydrogen-bond acceptors (Lipinski definition) is 5. The molecule has 2 aromatic rings. The average Bonchev–Trinajstić information content (AvgIpc) is 3.20. The summed E-state index contributed by atoms with van der Waals surface area (Å²) in [6, 6.07) is 12.3. The van der Waals surface area contributed by atoms with Crippen LogP contribution in [-0.2, 0) is 11.3 Å². The van der Waals surface area contributed by atoms with E-state index < -0.39 is 12.1 Å². The number of nitrogens with two attached hydrogens (primary N) is 1. The number of carbonyl (C=O) groups excluding carboxylic acids is 1. The highest BCUT2D eigenvalue weighted by Crippen LogP contribution is 2.29. The van der Waals surface area contributed by atoms with E-state index in [1.165, 1.54) is 0 Å². The lowest BCUT2D eigenvalue weighted by atomic mass is 10.2. The maximum absolute atomic E-state index is 12.9. The number of anilines is 2. The van der Waals surface area contributed by atoms with Gasteiger partial charge in [-0.3, -0.25) is 15.4 Å². The van der Waals surface area contributed by atoms with Crippen LogP contribution in [0.15, 0.2) is 47.5 Å². The molecular weight excluding hydrogens is 429 g/mol. The standard InChI is InChI=1S/C20H21Cl2N5O3/c21-14-9-12(10-15(22)17(14)23)11-24-19(26-20(29)30)25-18(28)16-7-4-8-27(16)13-5-2-1-3-6-13/h1-3,5-6,9-10,16H,4,7-8,11,23H2,(H,29,30)(H2,24,25,26,28). The van der Waals surface area contributed by atoms with Gasteiger partial charge in [0, 0.05) is 12.2 Å². The summed E-state index contributed by atoms with van der Waals surface area (Å²) in [6.07, 6.45) is 0.173. The number of carboxylic acid groups (broad SMARTS) is 1. The molecule has 158 valence electrons. The number of nitrogens with zero attached hydrogens (tertiary/aromatic N) is 2. The van der Waals surface area contributed by atoms with Gasteiger partial charge >= 0.3 is 6.09 Å². The Morgan fingerprint density at radius 3 is 2.47 bits per heavy atom. The molecule has 1 saturated heterocycles. The van der Waals surface area contributed by atoms with Gasteiger partial charge in [-0.1, -0.05) is 41.4 Å². The smallest absolute Gasteiger partial charge is 0.411 e. The van der Waals surface area contributed by atoms with Crippen molar-refractivity contribution in [3.8, 4) is 0 Å². The SMILES string of the molecule is Nc1c(Cl)cc(CN=C(NC(=O)O)NC(=O)C2CCCN2c2ccccc2)cc1Cl. The molecule has 0 bridgehead atoms. The Kier molecular flexibility index (Phi) is 7.02. The topological polar surface area (TPSA) is 120 Å². The minimum atomic E-state index is -1.34. The Balaban J connectivity index is 1.75. The number of nitrogen functional groups attached to an aromatic ring is 1. The van der Waals surface area contributed by atoms with Crippen LogP contribution < -0.4 is 21.3 Å². The van der Waals surface area contributed by atoms with Gasteiger partial charge in [0.25, 0.3) is 0 Å². The molecular formula is C20H21Cl2N5O3. The zero-order valence-corrected chi connectivity index (χ0v) is 17.5. The van der Waals surface area contributed by atoms with E-state index in [9.17, 15) is 9.59 Å². The number of carbonyl (C=O) groups is 2. The van der Waals surface area contributed by atoms with E-state index in [0.717, 1.165) is 18.7 Å². The summed E-state index contributed by atoms with van der Waals surface area (Å²) < 4.78 is 0. The molecule has 2 aromatic carbocycles. The van der Waals surface area contributed by atoms with Crippen LogP contribution in [0.25, 0.3) is 0 Å². The first-order valence-corrected chi connectivity index (χ1v) is 10.0. The Morgan fingerprint density at radius 2 is 1.83 bits per heavy atom. The van der Waals surface area contributed by atoms with Crippen molar-refractivity contribution in [3.05, 3.63) is 58.1 Å². The fourth-order valence-electron chi connectivity index (χ4n) is 3.28. The predicted molar refractivity (Wildman–Crippen MR) is 118 cm³/mol. The largest absolute Gasteiger partial charge is 0.465 e. The molecule has 0 saturated carbocycles. The van der Waals surface area contributed by atoms with Crippen molar-refractivity contribution in [2.75, 3.05) is 17.2 Å². The number of hydrogen-bond donors (Lipinski definition) is 4. The van der Waals surface area contributed by atoms with E-state index in [0.29, 0.717) is 12.0 Å². The van der Waals surface area contributed by atoms with E-state index in [1.807, 2.05) is 35.2 Å². The molecule has 2 amide bonds. The second-order valence-electron chi connectivity index (χ2n) is 6.74. The van der Waals surface area contributed by atoms with E-state index in [2.05, 4.69) is 15.6 Å². The highest BCUT2D eigenvalue weighted by atomic mass is 35.5. The van der Waals surface area contributed by atoms with Crippen LogP contribution in [0, 0.1) is 0 Å². The number of amides is 2. The van der Waals surface area contributed by atoms with E-state index in [-0.39, 0.29) is 34.1 Å². The fourth-order valence-corrected chi connectivity index (χ4v) is 3.81. The van der Waals surface area contributed by atoms with Crippen molar-refractivity contribution in [3.63, 3.8) is 0 Å². The third kappa shape index (κ3) is 5.34. The van der Waals surface area contributed by atoms with Gasteiger partial charge in [0.2, 0.25) is 11.9 Å². The molecule has 1 atom stereocenters. The Hall–Kier alpha value is -2.97. The molecule has 1 unspecified atom stereocenters. The zero-order valence-electron chi connectivity index (χ0n) is 15.9. The van der Waals surface area contributed by atoms with Crippen molar-refractivity contribution >= 4 is 52.5 Å². The van der Waals surface area contributed by atoms with Crippen molar-refractivity contribution in [1.29, 1.82) is 0 Å². The second-order valence-corrected chi connectivity index (χ2v) is 7.56. The number of guanidine groups is 1. The van der Waals surface area contributed by atoms with Gasteiger partial charge in [0.1, 0.15) is 6.04 Å². The second kappa shape index (κ2) is 9.69. The van der Waals surface area contributed by atoms with Crippen LogP contribution in [0.1, 0.15) is 18.4 Å². The summed E-state index contributed by atoms with van der Waals surface area (Å²) in [5.74, 6) is -0.506. The predicted octanol–water partition coefficient (Wildman–Crippen LogP) is 3.48. The lowest BCUT2D eigenvalue weighted by Crippen LogP contribution is -2.50. The monoisotopic (exact) mass is 449 g/mol. The van der Waals surface area contributed by atoms with Gasteiger partial charge in [-0.2, -0.15) is 0 Å². The molecule has 1 fully saturated rings. The van der Waals surface area contributed by atoms with Crippen LogP contribution in [0.3, 0.4) is 0 Å². The summed E-state index contributed by atoms with van der Waals surface area (Å²) in [6.45, 7) is 0.784. The minimum absolute atomic E-state index is 0.0443. The number of halogens is 2. The molecule has 30 heavy (non-hydrogen) atoms. The number of para-hydroxylation sites is 1. The maximum Gasteiger partial charge on any atom is 0.411 e. The number of benzene rings is 2. The maximum atomic E-state index is 12.9. The van der Waals surface area contributed by atoms with Crippen LogP contribution in [0.4, 0.5) is 16.2 Å². The summed E-state index contributed by atoms with van der Waals surface area (Å²) in [5.41, 5.74) is 7.52. The van der Waals surface area contributed by atoms with Crippen molar-refractivity contribution in [2.45, 2.75) is 25.4 Å². The molecule has 0 spiro atoms. The normalized spacial score (nSPS) is 16.4. The molecule has 1 aliphatic rings. The molecule has 1 heterocycles. The Bertz CT molecular complexity index is 945. The molecule has 5 N–H and O–H groups in total. The average molecular weight is 450 g/mol. The summed E-state index contributed by atoms with van der Waals surface area (Å²) >= 11 is 12.0. The molecule has 1 aliphatic heterocycles. The Morgan fingerprint density at radius 1 is 1.17 bits per heavy atom. The number of nitrogens with one attached hydrogen (secondary N) is 2. The van der Waals surface area contributed by atoms with E-state index >= 15 is 0 Å². The van der Waals surface area contributed by atoms with Gasteiger partial charge in [0.15, 0.2) is 0 Å². The van der Waals surface area contributed by atoms with E-state index in [4.69, 9.17) is 34.0 Å². The van der Waals surface area contributed by atoms with Crippen molar-refractivity contribution < 1.29 is 14.7 Å². The highest BCUT2D eigenvalue weighted by Gasteiger charge is 2.31. The zero-order chi connectivity index (χ0) is 21.7. The molecule has 8 nitrogen and oxygen atoms in total. The lowest BCUT2D eigenvalue weighted by molar-refractivity contribution is -0.120. The third-order valence-corrected chi connectivity index (χ3v) is 5.29. The van der Waals surface area contributed by atoms with Crippen molar-refractivity contribution in [2.24, 2.45) is 4.99 Å². The highest BCUT2D eigenvalue weighted by molar-refractivity contribution is 6.38. The van der Waals surface area contributed by atoms with Crippen molar-refractivity contribution in [1.82, 2.24) is 10.6 Å². The van der Waals surface area contributed by atoms with Crippen LogP contribution >= 0.6 is 23.2 Å². The molecule has 0 radical (unpaired) electrons. The molecule has 10 heteroatoms. The quantitative estimate of drug-likeness (QED) is 0.323. The first kappa shape index (κ1) is 21.7. The Labute approximate surface area is 183 Å². The van der Waals surface area contributed by atoms with Gasteiger partial charge < -0.3 is 15.7 Å². The van der Waals surface area contributed by atoms with Crippen LogP contribution in [0.5, 0.6) is 0 Å². The number of aliphatic imine (C=N–C) groups is 1. The molecule has 0 aromatic heterocycles. The third-order valence-electron chi connectivity index (χ3n) is 4.67. The van der Waals surface area contributed by atoms with Gasteiger partial charge in [-0.15, -0.1) is 0 Å². The van der Waals surface area contributed by atoms with Gasteiger partial charge in [-0.05, 0) is 42.7 Å². The van der Waals surface area contributed by atoms with Crippen LogP contribution in [-0.4, -0.2) is 35.7 Å². The van der Waals surface area contributed by atoms with Gasteiger partial charge in [0.05, 0.1) is 22.3 Å².